The maximum absolute atomic E-state index is 14.4. The average Bonchev–Trinajstić information content (AvgIpc) is 3.45. The molecule has 3 fully saturated rings. The molecular weight excluding hydrogens is 574 g/mol. The van der Waals surface area contributed by atoms with E-state index in [1.807, 2.05) is 58.0 Å². The molecule has 0 aliphatic carbocycles. The number of hydrogen-bond acceptors (Lipinski definition) is 5. The van der Waals surface area contributed by atoms with E-state index in [2.05, 4.69) is 47.3 Å². The van der Waals surface area contributed by atoms with Crippen molar-refractivity contribution >= 4 is 33.7 Å². The van der Waals surface area contributed by atoms with Gasteiger partial charge in [0.25, 0.3) is 0 Å². The zero-order chi connectivity index (χ0) is 29.6. The molecule has 8 atom stereocenters. The van der Waals surface area contributed by atoms with Crippen LogP contribution in [0.1, 0.15) is 73.3 Å². The minimum absolute atomic E-state index is 0.0294. The Kier molecular flexibility index (Phi) is 8.80. The number of ether oxygens (including phenoxy) is 1. The number of nitrogens with one attached hydrogen (secondary N) is 2. The van der Waals surface area contributed by atoms with Gasteiger partial charge < -0.3 is 25.4 Å². The summed E-state index contributed by atoms with van der Waals surface area (Å²) in [5, 5.41) is 16.7. The first kappa shape index (κ1) is 31.0. The number of aliphatic hydroxyl groups is 1. The summed E-state index contributed by atoms with van der Waals surface area (Å²) in [6, 6.07) is 8.11. The molecule has 3 heterocycles. The van der Waals surface area contributed by atoms with Crippen molar-refractivity contribution in [2.24, 2.45) is 23.2 Å². The van der Waals surface area contributed by atoms with Gasteiger partial charge in [-0.15, -0.1) is 0 Å². The van der Waals surface area contributed by atoms with Crippen LogP contribution in [0.3, 0.4) is 0 Å². The molecule has 3 saturated heterocycles. The van der Waals surface area contributed by atoms with Crippen molar-refractivity contribution in [2.75, 3.05) is 6.61 Å². The molecule has 2 bridgehead atoms. The molecule has 8 nitrogen and oxygen atoms in total. The largest absolute Gasteiger partial charge is 0.394 e. The van der Waals surface area contributed by atoms with Gasteiger partial charge in [0, 0.05) is 16.9 Å². The number of likely N-dealkylation sites (tertiary alicyclic amines) is 1. The zero-order valence-corrected chi connectivity index (χ0v) is 26.5. The van der Waals surface area contributed by atoms with E-state index in [4.69, 9.17) is 4.74 Å². The number of alkyl halides is 1. The molecule has 1 aromatic carbocycles. The lowest BCUT2D eigenvalue weighted by atomic mass is 9.70. The molecule has 1 aromatic rings. The molecule has 1 spiro atoms. The maximum Gasteiger partial charge on any atom is 0.246 e. The van der Waals surface area contributed by atoms with Crippen LogP contribution >= 0.6 is 15.9 Å². The number of carbonyl (C=O) groups is 3. The standard InChI is InChI=1S/C31H46BrN3O5/c1-8-18(2)21(16-36)35-25(27(38)34-30(6,7)17-29(3,4)5)31-14-20(32)24(40-31)22(23(31)28(35)39)26(37)33-15-19-12-10-9-11-13-19/h9-13,18,20-25,36H,8,14-17H2,1-7H3,(H,33,37)(H,34,38)/t18-,20?,21-,22+,23-,24+,25?,31?/m0/s1. The van der Waals surface area contributed by atoms with Crippen LogP contribution in [0, 0.1) is 23.2 Å². The van der Waals surface area contributed by atoms with E-state index in [-0.39, 0.29) is 40.5 Å². The number of hydrogen-bond donors (Lipinski definition) is 3. The van der Waals surface area contributed by atoms with Gasteiger partial charge in [0.2, 0.25) is 17.7 Å². The number of amides is 3. The second-order valence-electron chi connectivity index (χ2n) is 13.9. The predicted octanol–water partition coefficient (Wildman–Crippen LogP) is 3.79. The van der Waals surface area contributed by atoms with Crippen molar-refractivity contribution < 1.29 is 24.2 Å². The second-order valence-corrected chi connectivity index (χ2v) is 15.0. The minimum Gasteiger partial charge on any atom is -0.394 e. The quantitative estimate of drug-likeness (QED) is 0.345. The highest BCUT2D eigenvalue weighted by Gasteiger charge is 2.77. The van der Waals surface area contributed by atoms with Crippen molar-refractivity contribution in [2.45, 2.75) is 108 Å². The van der Waals surface area contributed by atoms with Crippen LogP contribution in [0.5, 0.6) is 0 Å². The van der Waals surface area contributed by atoms with Gasteiger partial charge in [0.05, 0.1) is 30.6 Å². The Bertz CT molecular complexity index is 1110. The fourth-order valence-electron chi connectivity index (χ4n) is 7.51. The highest BCUT2D eigenvalue weighted by atomic mass is 79.9. The molecule has 0 saturated carbocycles. The molecule has 3 aliphatic heterocycles. The Hall–Kier alpha value is -1.97. The molecular formula is C31H46BrN3O5. The van der Waals surface area contributed by atoms with Gasteiger partial charge in [-0.05, 0) is 43.6 Å². The SMILES string of the molecule is CC[C@H](C)[C@H](CO)N1C(=O)[C@@H]2[C@@H](C(=O)NCc3ccccc3)[C@@H]3OC2(CC3Br)C1C(=O)NC(C)(C)CC(C)(C)C. The van der Waals surface area contributed by atoms with Gasteiger partial charge in [-0.2, -0.15) is 0 Å². The Labute approximate surface area is 247 Å². The second kappa shape index (κ2) is 11.4. The van der Waals surface area contributed by atoms with E-state index in [9.17, 15) is 19.5 Å². The molecule has 0 radical (unpaired) electrons. The van der Waals surface area contributed by atoms with Gasteiger partial charge in [-0.1, -0.05) is 87.3 Å². The molecule has 3 unspecified atom stereocenters. The van der Waals surface area contributed by atoms with E-state index in [0.29, 0.717) is 13.0 Å². The third-order valence-electron chi connectivity index (χ3n) is 8.87. The van der Waals surface area contributed by atoms with Crippen LogP contribution in [-0.4, -0.2) is 68.5 Å². The van der Waals surface area contributed by atoms with Crippen LogP contribution in [-0.2, 0) is 25.7 Å². The Balaban J connectivity index is 1.71. The highest BCUT2D eigenvalue weighted by Crippen LogP contribution is 2.60. The summed E-state index contributed by atoms with van der Waals surface area (Å²) in [5.41, 5.74) is -0.771. The van der Waals surface area contributed by atoms with Crippen LogP contribution in [0.15, 0.2) is 30.3 Å². The number of carbonyl (C=O) groups excluding carboxylic acids is 3. The van der Waals surface area contributed by atoms with Gasteiger partial charge in [-0.25, -0.2) is 0 Å². The number of rotatable bonds is 10. The summed E-state index contributed by atoms with van der Waals surface area (Å²) in [5.74, 6) is -2.43. The lowest BCUT2D eigenvalue weighted by Crippen LogP contribution is -2.62. The Morgan fingerprint density at radius 2 is 1.82 bits per heavy atom. The normalized spacial score (nSPS) is 31.2. The highest BCUT2D eigenvalue weighted by molar-refractivity contribution is 9.09. The third kappa shape index (κ3) is 5.71. The first-order chi connectivity index (χ1) is 18.7. The van der Waals surface area contributed by atoms with Crippen LogP contribution < -0.4 is 10.6 Å². The number of aliphatic hydroxyl groups excluding tert-OH is 1. The van der Waals surface area contributed by atoms with E-state index >= 15 is 0 Å². The van der Waals surface area contributed by atoms with E-state index in [1.54, 1.807) is 4.90 Å². The molecule has 3 N–H and O–H groups in total. The van der Waals surface area contributed by atoms with E-state index in [1.165, 1.54) is 0 Å². The van der Waals surface area contributed by atoms with Crippen molar-refractivity contribution in [3.63, 3.8) is 0 Å². The van der Waals surface area contributed by atoms with Gasteiger partial charge in [0.15, 0.2) is 0 Å². The number of benzene rings is 1. The van der Waals surface area contributed by atoms with E-state index < -0.39 is 41.2 Å². The first-order valence-corrected chi connectivity index (χ1v) is 15.5. The predicted molar refractivity (Wildman–Crippen MR) is 157 cm³/mol. The summed E-state index contributed by atoms with van der Waals surface area (Å²) in [7, 11) is 0. The summed E-state index contributed by atoms with van der Waals surface area (Å²) in [6.07, 6.45) is 1.36. The fourth-order valence-corrected chi connectivity index (χ4v) is 8.46. The van der Waals surface area contributed by atoms with Crippen LogP contribution in [0.2, 0.25) is 0 Å². The lowest BCUT2D eigenvalue weighted by molar-refractivity contribution is -0.147. The summed E-state index contributed by atoms with van der Waals surface area (Å²) < 4.78 is 6.63. The number of halogens is 1. The Morgan fingerprint density at radius 1 is 1.18 bits per heavy atom. The average molecular weight is 621 g/mol. The van der Waals surface area contributed by atoms with Crippen molar-refractivity contribution in [1.29, 1.82) is 0 Å². The van der Waals surface area contributed by atoms with Crippen LogP contribution in [0.4, 0.5) is 0 Å². The smallest absolute Gasteiger partial charge is 0.246 e. The van der Waals surface area contributed by atoms with Crippen LogP contribution in [0.25, 0.3) is 0 Å². The van der Waals surface area contributed by atoms with Gasteiger partial charge in [0.1, 0.15) is 11.6 Å². The molecule has 4 rings (SSSR count). The monoisotopic (exact) mass is 619 g/mol. The number of fused-ring (bicyclic) bond motifs is 1. The molecule has 40 heavy (non-hydrogen) atoms. The maximum atomic E-state index is 14.4. The summed E-state index contributed by atoms with van der Waals surface area (Å²) in [4.78, 5) is 43.7. The topological polar surface area (TPSA) is 108 Å². The first-order valence-electron chi connectivity index (χ1n) is 14.5. The third-order valence-corrected chi connectivity index (χ3v) is 9.71. The van der Waals surface area contributed by atoms with Gasteiger partial charge >= 0.3 is 0 Å². The fraction of sp³-hybridized carbons (Fsp3) is 0.710. The molecule has 3 amide bonds. The van der Waals surface area contributed by atoms with E-state index in [0.717, 1.165) is 18.4 Å². The summed E-state index contributed by atoms with van der Waals surface area (Å²) in [6.45, 7) is 14.4. The Morgan fingerprint density at radius 3 is 2.40 bits per heavy atom. The minimum atomic E-state index is -1.16. The summed E-state index contributed by atoms with van der Waals surface area (Å²) >= 11 is 3.73. The van der Waals surface area contributed by atoms with Crippen molar-refractivity contribution in [1.82, 2.24) is 15.5 Å². The molecule has 222 valence electrons. The van der Waals surface area contributed by atoms with Crippen molar-refractivity contribution in [3.8, 4) is 0 Å². The number of nitrogens with zero attached hydrogens (tertiary/aromatic N) is 1. The van der Waals surface area contributed by atoms with Gasteiger partial charge in [-0.3, -0.25) is 14.4 Å². The molecule has 9 heteroatoms. The molecule has 3 aliphatic rings. The molecule has 0 aromatic heterocycles. The van der Waals surface area contributed by atoms with Crippen molar-refractivity contribution in [3.05, 3.63) is 35.9 Å². The lowest BCUT2D eigenvalue weighted by Gasteiger charge is -2.41. The zero-order valence-electron chi connectivity index (χ0n) is 24.9.